The van der Waals surface area contributed by atoms with Gasteiger partial charge in [0.25, 0.3) is 0 Å². The average molecular weight is 617 g/mol. The summed E-state index contributed by atoms with van der Waals surface area (Å²) >= 11 is 0. The van der Waals surface area contributed by atoms with Gasteiger partial charge in [0, 0.05) is 22.4 Å². The lowest BCUT2D eigenvalue weighted by molar-refractivity contribution is 0.756. The Hall–Kier alpha value is -6.26. The maximum Gasteiger partial charge on any atom is 0.169 e. The highest BCUT2D eigenvalue weighted by Crippen LogP contribution is 2.48. The van der Waals surface area contributed by atoms with Gasteiger partial charge >= 0.3 is 0 Å². The topological polar surface area (TPSA) is 48.8 Å². The Morgan fingerprint density at radius 1 is 0.438 bits per heavy atom. The second-order valence-corrected chi connectivity index (χ2v) is 12.3. The molecule has 0 amide bonds. The van der Waals surface area contributed by atoms with Crippen LogP contribution in [-0.2, 0) is 0 Å². The number of para-hydroxylation sites is 1. The van der Waals surface area contributed by atoms with Crippen LogP contribution in [-0.4, -0.2) is 11.7 Å². The van der Waals surface area contributed by atoms with E-state index in [1.54, 1.807) is 0 Å². The van der Waals surface area contributed by atoms with Crippen molar-refractivity contribution in [2.24, 2.45) is 9.98 Å². The minimum Gasteiger partial charge on any atom is -0.374 e. The molecule has 4 nitrogen and oxygen atoms in total. The molecule has 0 bridgehead atoms. The fraction of sp³-hybridized carbons (Fsp3) is 0.0455. The number of benzene rings is 7. The summed E-state index contributed by atoms with van der Waals surface area (Å²) in [5, 5.41) is 9.98. The molecule has 0 radical (unpaired) electrons. The van der Waals surface area contributed by atoms with Crippen LogP contribution in [0.1, 0.15) is 40.0 Å². The Labute approximate surface area is 280 Å². The molecule has 0 aliphatic carbocycles. The number of hydrogen-bond acceptors (Lipinski definition) is 4. The van der Waals surface area contributed by atoms with Crippen molar-refractivity contribution in [1.82, 2.24) is 5.32 Å². The number of nitrogens with one attached hydrogen (secondary N) is 2. The third-order valence-electron chi connectivity index (χ3n) is 9.37. The monoisotopic (exact) mass is 616 g/mol. The normalized spacial score (nSPS) is 16.5. The first-order valence-electron chi connectivity index (χ1n) is 16.4. The van der Waals surface area contributed by atoms with Crippen molar-refractivity contribution >= 4 is 28.1 Å². The Bertz CT molecular complexity index is 2330. The van der Waals surface area contributed by atoms with Crippen molar-refractivity contribution in [2.75, 3.05) is 5.32 Å². The van der Waals surface area contributed by atoms with Gasteiger partial charge in [-0.05, 0) is 56.3 Å². The Morgan fingerprint density at radius 3 is 1.71 bits per heavy atom. The molecule has 228 valence electrons. The molecule has 2 heterocycles. The number of aliphatic imine (C=N–C) groups is 2. The number of rotatable bonds is 5. The van der Waals surface area contributed by atoms with Gasteiger partial charge in [0.15, 0.2) is 6.17 Å². The number of anilines is 1. The van der Waals surface area contributed by atoms with Gasteiger partial charge in [-0.3, -0.25) is 0 Å². The molecule has 0 aromatic heterocycles. The van der Waals surface area contributed by atoms with Gasteiger partial charge in [0.2, 0.25) is 0 Å². The standard InChI is InChI=1S/C44H32N4/c1-4-14-29(15-5-1)37-28-38-40(35-21-11-10-20-34(35)37)36-22-12-13-23-39(36)45-41(38)30-24-26-33(27-25-30)44-47-42(31-16-6-2-7-17-31)46-43(48-44)32-18-8-3-9-19-32/h1-28,41-42,45H,(H,46,47,48). The highest BCUT2D eigenvalue weighted by molar-refractivity contribution is 6.16. The zero-order valence-electron chi connectivity index (χ0n) is 26.2. The zero-order valence-corrected chi connectivity index (χ0v) is 26.2. The highest BCUT2D eigenvalue weighted by Gasteiger charge is 2.29. The van der Waals surface area contributed by atoms with E-state index < -0.39 is 0 Å². The largest absolute Gasteiger partial charge is 0.374 e. The SMILES string of the molecule is c1ccc(C2=NC(c3ccccc3)N=C(c3ccc(C4Nc5ccccc5-c5c4cc(-c4ccccc4)c4ccccc54)cc3)N2)cc1. The van der Waals surface area contributed by atoms with E-state index in [-0.39, 0.29) is 12.2 Å². The molecule has 2 atom stereocenters. The van der Waals surface area contributed by atoms with Gasteiger partial charge in [0.1, 0.15) is 11.7 Å². The fourth-order valence-corrected chi connectivity index (χ4v) is 7.05. The lowest BCUT2D eigenvalue weighted by Gasteiger charge is -2.32. The molecule has 2 aliphatic rings. The summed E-state index contributed by atoms with van der Waals surface area (Å²) in [5.41, 5.74) is 11.7. The van der Waals surface area contributed by atoms with E-state index >= 15 is 0 Å². The maximum absolute atomic E-state index is 5.09. The number of nitrogens with zero attached hydrogens (tertiary/aromatic N) is 2. The molecule has 0 spiro atoms. The molecular formula is C44H32N4. The second kappa shape index (κ2) is 11.8. The predicted molar refractivity (Wildman–Crippen MR) is 199 cm³/mol. The molecule has 7 aromatic carbocycles. The molecule has 4 heteroatoms. The van der Waals surface area contributed by atoms with Crippen molar-refractivity contribution in [2.45, 2.75) is 12.2 Å². The first-order chi connectivity index (χ1) is 23.8. The molecule has 2 aliphatic heterocycles. The molecule has 2 N–H and O–H groups in total. The molecule has 48 heavy (non-hydrogen) atoms. The van der Waals surface area contributed by atoms with Crippen LogP contribution in [0.25, 0.3) is 33.0 Å². The van der Waals surface area contributed by atoms with Gasteiger partial charge in [-0.25, -0.2) is 9.98 Å². The van der Waals surface area contributed by atoms with Crippen molar-refractivity contribution < 1.29 is 0 Å². The Balaban J connectivity index is 1.14. The first-order valence-corrected chi connectivity index (χ1v) is 16.4. The molecule has 0 fully saturated rings. The van der Waals surface area contributed by atoms with E-state index in [9.17, 15) is 0 Å². The summed E-state index contributed by atoms with van der Waals surface area (Å²) in [7, 11) is 0. The third-order valence-corrected chi connectivity index (χ3v) is 9.37. The summed E-state index contributed by atoms with van der Waals surface area (Å²) < 4.78 is 0. The van der Waals surface area contributed by atoms with Crippen molar-refractivity contribution in [1.29, 1.82) is 0 Å². The van der Waals surface area contributed by atoms with Crippen LogP contribution in [0.5, 0.6) is 0 Å². The Morgan fingerprint density at radius 2 is 1.00 bits per heavy atom. The van der Waals surface area contributed by atoms with Crippen LogP contribution in [0.3, 0.4) is 0 Å². The molecule has 7 aromatic rings. The minimum absolute atomic E-state index is 0.0317. The highest BCUT2D eigenvalue weighted by atomic mass is 15.2. The van der Waals surface area contributed by atoms with Crippen LogP contribution in [0, 0.1) is 0 Å². The number of fused-ring (bicyclic) bond motifs is 5. The van der Waals surface area contributed by atoms with Gasteiger partial charge in [-0.2, -0.15) is 0 Å². The minimum atomic E-state index is -0.328. The summed E-state index contributed by atoms with van der Waals surface area (Å²) in [5.74, 6) is 1.63. The number of amidine groups is 2. The van der Waals surface area contributed by atoms with Crippen LogP contribution in [0.2, 0.25) is 0 Å². The van der Waals surface area contributed by atoms with Crippen LogP contribution in [0.4, 0.5) is 5.69 Å². The number of hydrogen-bond donors (Lipinski definition) is 2. The second-order valence-electron chi connectivity index (χ2n) is 12.3. The third kappa shape index (κ3) is 4.95. The zero-order chi connectivity index (χ0) is 31.9. The lowest BCUT2D eigenvalue weighted by atomic mass is 9.81. The van der Waals surface area contributed by atoms with Crippen LogP contribution < -0.4 is 10.6 Å². The van der Waals surface area contributed by atoms with Gasteiger partial charge < -0.3 is 10.6 Å². The molecule has 9 rings (SSSR count). The Kier molecular flexibility index (Phi) is 6.90. The summed E-state index contributed by atoms with van der Waals surface area (Å²) in [6.07, 6.45) is -0.328. The fourth-order valence-electron chi connectivity index (χ4n) is 7.05. The lowest BCUT2D eigenvalue weighted by Crippen LogP contribution is -2.36. The van der Waals surface area contributed by atoms with E-state index in [1.165, 1.54) is 44.2 Å². The molecule has 2 unspecified atom stereocenters. The van der Waals surface area contributed by atoms with E-state index in [4.69, 9.17) is 9.98 Å². The smallest absolute Gasteiger partial charge is 0.169 e. The van der Waals surface area contributed by atoms with Gasteiger partial charge in [0.05, 0.1) is 6.04 Å². The molecular weight excluding hydrogens is 585 g/mol. The first kappa shape index (κ1) is 28.0. The van der Waals surface area contributed by atoms with Crippen molar-refractivity contribution in [3.05, 3.63) is 198 Å². The quantitative estimate of drug-likeness (QED) is 0.202. The van der Waals surface area contributed by atoms with E-state index in [0.29, 0.717) is 0 Å². The summed E-state index contributed by atoms with van der Waals surface area (Å²) in [6.45, 7) is 0. The van der Waals surface area contributed by atoms with Gasteiger partial charge in [-0.1, -0.05) is 158 Å². The van der Waals surface area contributed by atoms with Crippen LogP contribution in [0.15, 0.2) is 180 Å². The predicted octanol–water partition coefficient (Wildman–Crippen LogP) is 10.2. The molecule has 0 saturated carbocycles. The van der Waals surface area contributed by atoms with Gasteiger partial charge in [-0.15, -0.1) is 0 Å². The maximum atomic E-state index is 5.09. The van der Waals surface area contributed by atoms with Crippen molar-refractivity contribution in [3.8, 4) is 22.3 Å². The van der Waals surface area contributed by atoms with E-state index in [2.05, 4.69) is 144 Å². The summed E-state index contributed by atoms with van der Waals surface area (Å²) in [4.78, 5) is 10.1. The van der Waals surface area contributed by atoms with Crippen molar-refractivity contribution in [3.63, 3.8) is 0 Å². The van der Waals surface area contributed by atoms with Crippen LogP contribution >= 0.6 is 0 Å². The molecule has 0 saturated heterocycles. The van der Waals surface area contributed by atoms with E-state index in [0.717, 1.165) is 34.0 Å². The summed E-state index contributed by atoms with van der Waals surface area (Å²) in [6, 6.07) is 59.9. The van der Waals surface area contributed by atoms with E-state index in [1.807, 2.05) is 36.4 Å². The average Bonchev–Trinajstić information content (AvgIpc) is 3.18.